The summed E-state index contributed by atoms with van der Waals surface area (Å²) in [7, 11) is 3.14. The molecule has 0 unspecified atom stereocenters. The lowest BCUT2D eigenvalue weighted by Gasteiger charge is -2.32. The van der Waals surface area contributed by atoms with E-state index in [1.165, 1.54) is 0 Å². The minimum atomic E-state index is -0.139. The number of urea groups is 1. The number of anilines is 1. The molecule has 0 aliphatic carbocycles. The lowest BCUT2D eigenvalue weighted by Crippen LogP contribution is -2.43. The summed E-state index contributed by atoms with van der Waals surface area (Å²) in [4.78, 5) is 22.9. The van der Waals surface area contributed by atoms with E-state index >= 15 is 0 Å². The number of amides is 2. The average Bonchev–Trinajstić information content (AvgIpc) is 2.67. The molecule has 0 spiro atoms. The number of carbonyl (C=O) groups is 1. The Balaban J connectivity index is 1.53. The molecular formula is C20H26N4O4. The van der Waals surface area contributed by atoms with Crippen molar-refractivity contribution in [2.75, 3.05) is 32.6 Å². The molecule has 1 aromatic carbocycles. The van der Waals surface area contributed by atoms with Crippen molar-refractivity contribution in [3.63, 3.8) is 0 Å². The number of rotatable bonds is 5. The fourth-order valence-corrected chi connectivity index (χ4v) is 3.21. The van der Waals surface area contributed by atoms with Crippen LogP contribution in [0.25, 0.3) is 0 Å². The summed E-state index contributed by atoms with van der Waals surface area (Å²) in [5.41, 5.74) is 1.54. The van der Waals surface area contributed by atoms with Gasteiger partial charge in [0.1, 0.15) is 11.9 Å². The first-order valence-electron chi connectivity index (χ1n) is 9.25. The number of aromatic nitrogens is 2. The van der Waals surface area contributed by atoms with E-state index in [1.54, 1.807) is 37.3 Å². The van der Waals surface area contributed by atoms with Crippen molar-refractivity contribution in [2.45, 2.75) is 32.8 Å². The van der Waals surface area contributed by atoms with Gasteiger partial charge in [-0.2, -0.15) is 4.98 Å². The van der Waals surface area contributed by atoms with Gasteiger partial charge in [0.25, 0.3) is 0 Å². The second kappa shape index (κ2) is 8.77. The number of benzene rings is 1. The maximum atomic E-state index is 12.6. The molecule has 1 aliphatic rings. The number of aryl methyl sites for hydroxylation is 2. The number of hydrogen-bond acceptors (Lipinski definition) is 6. The maximum Gasteiger partial charge on any atom is 0.321 e. The van der Waals surface area contributed by atoms with Gasteiger partial charge in [0.05, 0.1) is 14.2 Å². The number of nitrogens with one attached hydrogen (secondary N) is 1. The van der Waals surface area contributed by atoms with Gasteiger partial charge in [-0.25, -0.2) is 9.78 Å². The zero-order valence-corrected chi connectivity index (χ0v) is 16.7. The predicted molar refractivity (Wildman–Crippen MR) is 105 cm³/mol. The van der Waals surface area contributed by atoms with Gasteiger partial charge in [-0.3, -0.25) is 0 Å². The van der Waals surface area contributed by atoms with Gasteiger partial charge in [-0.05, 0) is 26.0 Å². The van der Waals surface area contributed by atoms with Gasteiger partial charge in [-0.1, -0.05) is 0 Å². The Kier molecular flexibility index (Phi) is 6.18. The van der Waals surface area contributed by atoms with E-state index in [0.717, 1.165) is 18.5 Å². The molecule has 0 radical (unpaired) electrons. The molecule has 1 N–H and O–H groups in total. The molecule has 1 saturated heterocycles. The second-order valence-electron chi connectivity index (χ2n) is 6.70. The highest BCUT2D eigenvalue weighted by Crippen LogP contribution is 2.30. The molecule has 2 aromatic rings. The van der Waals surface area contributed by atoms with Crippen LogP contribution in [0, 0.1) is 13.8 Å². The lowest BCUT2D eigenvalue weighted by molar-refractivity contribution is 0.111. The molecule has 28 heavy (non-hydrogen) atoms. The summed E-state index contributed by atoms with van der Waals surface area (Å²) >= 11 is 0. The first-order valence-corrected chi connectivity index (χ1v) is 9.25. The largest absolute Gasteiger partial charge is 0.493 e. The maximum absolute atomic E-state index is 12.6. The smallest absolute Gasteiger partial charge is 0.321 e. The molecule has 8 nitrogen and oxygen atoms in total. The van der Waals surface area contributed by atoms with Gasteiger partial charge in [-0.15, -0.1) is 0 Å². The monoisotopic (exact) mass is 386 g/mol. The number of piperidine rings is 1. The first kappa shape index (κ1) is 19.7. The van der Waals surface area contributed by atoms with Crippen LogP contribution in [0.2, 0.25) is 0 Å². The van der Waals surface area contributed by atoms with Crippen molar-refractivity contribution >= 4 is 11.7 Å². The average molecular weight is 386 g/mol. The molecular weight excluding hydrogens is 360 g/mol. The standard InChI is InChI=1S/C20H26N4O4/c1-13-11-19(22-14(2)21-13)28-16-7-9-24(10-8-16)20(25)23-15-5-6-17(26-3)18(12-15)27-4/h5-6,11-12,16H,7-10H2,1-4H3,(H,23,25). The van der Waals surface area contributed by atoms with Crippen LogP contribution >= 0.6 is 0 Å². The third kappa shape index (κ3) is 4.82. The summed E-state index contributed by atoms with van der Waals surface area (Å²) in [5.74, 6) is 2.48. The van der Waals surface area contributed by atoms with Gasteiger partial charge in [0.15, 0.2) is 11.5 Å². The van der Waals surface area contributed by atoms with Crippen LogP contribution < -0.4 is 19.5 Å². The van der Waals surface area contributed by atoms with E-state index in [1.807, 2.05) is 19.9 Å². The first-order chi connectivity index (χ1) is 13.5. The van der Waals surface area contributed by atoms with Gasteiger partial charge in [0.2, 0.25) is 5.88 Å². The van der Waals surface area contributed by atoms with Crippen LogP contribution in [0.4, 0.5) is 10.5 Å². The molecule has 0 bridgehead atoms. The van der Waals surface area contributed by atoms with Crippen molar-refractivity contribution < 1.29 is 19.0 Å². The Labute approximate surface area is 164 Å². The van der Waals surface area contributed by atoms with E-state index in [9.17, 15) is 4.79 Å². The van der Waals surface area contributed by atoms with Crippen molar-refractivity contribution in [1.29, 1.82) is 0 Å². The molecule has 0 atom stereocenters. The van der Waals surface area contributed by atoms with E-state index < -0.39 is 0 Å². The molecule has 1 fully saturated rings. The fraction of sp³-hybridized carbons (Fsp3) is 0.450. The number of ether oxygens (including phenoxy) is 3. The minimum Gasteiger partial charge on any atom is -0.493 e. The highest BCUT2D eigenvalue weighted by Gasteiger charge is 2.24. The number of methoxy groups -OCH3 is 2. The number of hydrogen-bond donors (Lipinski definition) is 1. The van der Waals surface area contributed by atoms with Crippen LogP contribution in [0.3, 0.4) is 0 Å². The van der Waals surface area contributed by atoms with Crippen LogP contribution in [0.1, 0.15) is 24.4 Å². The molecule has 0 saturated carbocycles. The van der Waals surface area contributed by atoms with E-state index in [0.29, 0.717) is 42.0 Å². The zero-order valence-electron chi connectivity index (χ0n) is 16.7. The minimum absolute atomic E-state index is 0.0406. The highest BCUT2D eigenvalue weighted by atomic mass is 16.5. The molecule has 8 heteroatoms. The van der Waals surface area contributed by atoms with E-state index in [-0.39, 0.29) is 12.1 Å². The quantitative estimate of drug-likeness (QED) is 0.849. The van der Waals surface area contributed by atoms with E-state index in [2.05, 4.69) is 15.3 Å². The topological polar surface area (TPSA) is 85.8 Å². The van der Waals surface area contributed by atoms with Crippen molar-refractivity contribution in [3.8, 4) is 17.4 Å². The molecule has 3 rings (SSSR count). The summed E-state index contributed by atoms with van der Waals surface area (Å²) in [6.45, 7) is 5.00. The third-order valence-corrected chi connectivity index (χ3v) is 4.59. The summed E-state index contributed by atoms with van der Waals surface area (Å²) in [6, 6.07) is 6.99. The van der Waals surface area contributed by atoms with Crippen LogP contribution in [0.15, 0.2) is 24.3 Å². The lowest BCUT2D eigenvalue weighted by atomic mass is 10.1. The predicted octanol–water partition coefficient (Wildman–Crippen LogP) is 3.19. The normalized spacial score (nSPS) is 14.5. The SMILES string of the molecule is COc1ccc(NC(=O)N2CCC(Oc3cc(C)nc(C)n3)CC2)cc1OC. The molecule has 2 amide bonds. The Morgan fingerprint density at radius 3 is 2.43 bits per heavy atom. The van der Waals surface area contributed by atoms with Crippen molar-refractivity contribution in [2.24, 2.45) is 0 Å². The Bertz CT molecular complexity index is 815. The van der Waals surface area contributed by atoms with Crippen LogP contribution in [-0.2, 0) is 0 Å². The summed E-state index contributed by atoms with van der Waals surface area (Å²) in [6.07, 6.45) is 1.54. The molecule has 1 aliphatic heterocycles. The van der Waals surface area contributed by atoms with Gasteiger partial charge in [0, 0.05) is 49.4 Å². The Morgan fingerprint density at radius 1 is 1.07 bits per heavy atom. The zero-order chi connectivity index (χ0) is 20.1. The highest BCUT2D eigenvalue weighted by molar-refractivity contribution is 5.89. The van der Waals surface area contributed by atoms with Crippen LogP contribution in [0.5, 0.6) is 17.4 Å². The number of nitrogens with zero attached hydrogens (tertiary/aromatic N) is 3. The molecule has 150 valence electrons. The third-order valence-electron chi connectivity index (χ3n) is 4.59. The van der Waals surface area contributed by atoms with Crippen LogP contribution in [-0.4, -0.2) is 54.3 Å². The molecule has 2 heterocycles. The summed E-state index contributed by atoms with van der Waals surface area (Å²) < 4.78 is 16.5. The Morgan fingerprint density at radius 2 is 1.79 bits per heavy atom. The van der Waals surface area contributed by atoms with Crippen molar-refractivity contribution in [1.82, 2.24) is 14.9 Å². The Hall–Kier alpha value is -3.03. The second-order valence-corrected chi connectivity index (χ2v) is 6.70. The fourth-order valence-electron chi connectivity index (χ4n) is 3.21. The van der Waals surface area contributed by atoms with E-state index in [4.69, 9.17) is 14.2 Å². The number of likely N-dealkylation sites (tertiary alicyclic amines) is 1. The van der Waals surface area contributed by atoms with Crippen molar-refractivity contribution in [3.05, 3.63) is 35.8 Å². The summed E-state index contributed by atoms with van der Waals surface area (Å²) in [5, 5.41) is 2.91. The van der Waals surface area contributed by atoms with Gasteiger partial charge < -0.3 is 24.4 Å². The van der Waals surface area contributed by atoms with Gasteiger partial charge >= 0.3 is 6.03 Å². The molecule has 1 aromatic heterocycles. The number of carbonyl (C=O) groups excluding carboxylic acids is 1.